The minimum absolute atomic E-state index is 0.713. The number of hydrogen-bond donors (Lipinski definition) is 0. The Labute approximate surface area is 78.8 Å². The fraction of sp³-hybridized carbons (Fsp3) is 0.818. The summed E-state index contributed by atoms with van der Waals surface area (Å²) in [6.45, 7) is 10.9. The zero-order valence-electron chi connectivity index (χ0n) is 8.97. The second kappa shape index (κ2) is 6.66. The van der Waals surface area contributed by atoms with E-state index in [2.05, 4.69) is 33.2 Å². The van der Waals surface area contributed by atoms with E-state index >= 15 is 0 Å². The van der Waals surface area contributed by atoms with E-state index in [-0.39, 0.29) is 0 Å². The van der Waals surface area contributed by atoms with Crippen molar-refractivity contribution in [2.75, 3.05) is 18.5 Å². The van der Waals surface area contributed by atoms with Gasteiger partial charge < -0.3 is 0 Å². The summed E-state index contributed by atoms with van der Waals surface area (Å²) in [5.41, 5.74) is 0. The fourth-order valence-electron chi connectivity index (χ4n) is 1.95. The van der Waals surface area contributed by atoms with Crippen LogP contribution < -0.4 is 0 Å². The van der Waals surface area contributed by atoms with Crippen LogP contribution in [0.15, 0.2) is 12.4 Å². The topological polar surface area (TPSA) is 0 Å². The van der Waals surface area contributed by atoms with Crippen molar-refractivity contribution in [3.8, 4) is 0 Å². The molecular formula is C11H24P+. The Morgan fingerprint density at radius 3 is 1.42 bits per heavy atom. The first-order valence-electron chi connectivity index (χ1n) is 5.24. The van der Waals surface area contributed by atoms with Crippen molar-refractivity contribution in [1.29, 1.82) is 0 Å². The minimum Gasteiger partial charge on any atom is -0.0640 e. The molecule has 12 heavy (non-hydrogen) atoms. The van der Waals surface area contributed by atoms with Gasteiger partial charge in [-0.1, -0.05) is 27.4 Å². The maximum atomic E-state index is 4.04. The Bertz CT molecular complexity index is 101. The zero-order valence-corrected chi connectivity index (χ0v) is 9.87. The highest BCUT2D eigenvalue weighted by molar-refractivity contribution is 7.78. The molecule has 0 aliphatic heterocycles. The molecular weight excluding hydrogens is 163 g/mol. The van der Waals surface area contributed by atoms with Gasteiger partial charge in [-0.2, -0.15) is 0 Å². The van der Waals surface area contributed by atoms with E-state index in [9.17, 15) is 0 Å². The van der Waals surface area contributed by atoms with Gasteiger partial charge in [0.05, 0.1) is 24.3 Å². The second-order valence-corrected chi connectivity index (χ2v) is 7.72. The van der Waals surface area contributed by atoms with Gasteiger partial charge in [0.15, 0.2) is 0 Å². The molecule has 0 fully saturated rings. The quantitative estimate of drug-likeness (QED) is 0.519. The largest absolute Gasteiger partial charge is 0.0640 e. The van der Waals surface area contributed by atoms with Crippen molar-refractivity contribution in [2.45, 2.75) is 40.0 Å². The van der Waals surface area contributed by atoms with Crippen LogP contribution in [0.4, 0.5) is 0 Å². The third kappa shape index (κ3) is 3.72. The van der Waals surface area contributed by atoms with Crippen LogP contribution in [-0.4, -0.2) is 18.5 Å². The summed E-state index contributed by atoms with van der Waals surface area (Å²) >= 11 is 0. The van der Waals surface area contributed by atoms with Crippen LogP contribution in [0.2, 0.25) is 0 Å². The molecule has 72 valence electrons. The van der Waals surface area contributed by atoms with E-state index in [4.69, 9.17) is 0 Å². The van der Waals surface area contributed by atoms with Crippen molar-refractivity contribution in [1.82, 2.24) is 0 Å². The minimum atomic E-state index is -0.713. The Kier molecular flexibility index (Phi) is 6.76. The molecule has 0 aromatic rings. The summed E-state index contributed by atoms with van der Waals surface area (Å²) in [6.07, 6.45) is 8.29. The molecule has 0 aliphatic rings. The summed E-state index contributed by atoms with van der Waals surface area (Å²) in [4.78, 5) is 0. The highest BCUT2D eigenvalue weighted by Crippen LogP contribution is 2.61. The molecule has 0 heterocycles. The third-order valence-corrected chi connectivity index (χ3v) is 7.18. The molecule has 0 unspecified atom stereocenters. The van der Waals surface area contributed by atoms with Crippen LogP contribution >= 0.6 is 7.26 Å². The van der Waals surface area contributed by atoms with Crippen molar-refractivity contribution in [2.24, 2.45) is 0 Å². The fourth-order valence-corrected chi connectivity index (χ4v) is 5.84. The normalized spacial score (nSPS) is 11.6. The third-order valence-electron chi connectivity index (χ3n) is 2.39. The second-order valence-electron chi connectivity index (χ2n) is 3.57. The molecule has 0 N–H and O–H groups in total. The molecule has 0 aliphatic carbocycles. The van der Waals surface area contributed by atoms with Gasteiger partial charge in [0, 0.05) is 7.26 Å². The van der Waals surface area contributed by atoms with Gasteiger partial charge in [0.1, 0.15) is 0 Å². The SMILES string of the molecule is C=C[P+](CCC)(CCC)CCC. The summed E-state index contributed by atoms with van der Waals surface area (Å²) in [5, 5.41) is 0. The summed E-state index contributed by atoms with van der Waals surface area (Å²) in [5.74, 6) is 2.31. The first-order chi connectivity index (χ1) is 5.74. The lowest BCUT2D eigenvalue weighted by atomic mass is 10.6. The van der Waals surface area contributed by atoms with Gasteiger partial charge in [-0.3, -0.25) is 0 Å². The van der Waals surface area contributed by atoms with Crippen LogP contribution in [0.25, 0.3) is 0 Å². The smallest absolute Gasteiger partial charge is 0.0632 e. The van der Waals surface area contributed by atoms with Crippen molar-refractivity contribution in [3.05, 3.63) is 12.4 Å². The molecule has 0 bridgehead atoms. The molecule has 0 atom stereocenters. The van der Waals surface area contributed by atoms with Crippen molar-refractivity contribution >= 4 is 7.26 Å². The molecule has 0 saturated carbocycles. The Morgan fingerprint density at radius 1 is 0.917 bits per heavy atom. The van der Waals surface area contributed by atoms with Crippen molar-refractivity contribution < 1.29 is 0 Å². The van der Waals surface area contributed by atoms with E-state index in [1.807, 2.05) is 0 Å². The maximum Gasteiger partial charge on any atom is 0.0632 e. The average Bonchev–Trinajstić information content (AvgIpc) is 2.06. The van der Waals surface area contributed by atoms with Crippen LogP contribution in [0.3, 0.4) is 0 Å². The molecule has 0 spiro atoms. The molecule has 0 nitrogen and oxygen atoms in total. The van der Waals surface area contributed by atoms with Crippen LogP contribution in [-0.2, 0) is 0 Å². The maximum absolute atomic E-state index is 4.04. The predicted molar refractivity (Wildman–Crippen MR) is 62.6 cm³/mol. The Morgan fingerprint density at radius 2 is 1.25 bits per heavy atom. The summed E-state index contributed by atoms with van der Waals surface area (Å²) < 4.78 is 0. The lowest BCUT2D eigenvalue weighted by molar-refractivity contribution is 1.00. The summed E-state index contributed by atoms with van der Waals surface area (Å²) in [7, 11) is -0.713. The Hall–Kier alpha value is 0.170. The predicted octanol–water partition coefficient (Wildman–Crippen LogP) is 4.38. The molecule has 1 heteroatoms. The van der Waals surface area contributed by atoms with Gasteiger partial charge >= 0.3 is 0 Å². The summed E-state index contributed by atoms with van der Waals surface area (Å²) in [6, 6.07) is 0. The monoisotopic (exact) mass is 187 g/mol. The molecule has 0 aromatic heterocycles. The highest BCUT2D eigenvalue weighted by Gasteiger charge is 2.30. The van der Waals surface area contributed by atoms with E-state index in [0.29, 0.717) is 0 Å². The lowest BCUT2D eigenvalue weighted by Crippen LogP contribution is -2.04. The highest BCUT2D eigenvalue weighted by atomic mass is 31.2. The molecule has 0 saturated heterocycles. The Balaban J connectivity index is 4.16. The van der Waals surface area contributed by atoms with Crippen LogP contribution in [0.1, 0.15) is 40.0 Å². The van der Waals surface area contributed by atoms with E-state index < -0.39 is 7.26 Å². The first kappa shape index (κ1) is 12.2. The number of rotatable bonds is 7. The van der Waals surface area contributed by atoms with Crippen molar-refractivity contribution in [3.63, 3.8) is 0 Å². The van der Waals surface area contributed by atoms with Gasteiger partial charge in [0.2, 0.25) is 0 Å². The van der Waals surface area contributed by atoms with Gasteiger partial charge in [-0.25, -0.2) is 0 Å². The van der Waals surface area contributed by atoms with E-state index in [0.717, 1.165) is 0 Å². The molecule has 0 amide bonds. The van der Waals surface area contributed by atoms with Gasteiger partial charge in [0.25, 0.3) is 0 Å². The molecule has 0 rings (SSSR count). The lowest BCUT2D eigenvalue weighted by Gasteiger charge is -2.21. The van der Waals surface area contributed by atoms with Crippen LogP contribution in [0.5, 0.6) is 0 Å². The number of hydrogen-bond acceptors (Lipinski definition) is 0. The first-order valence-corrected chi connectivity index (χ1v) is 7.65. The average molecular weight is 187 g/mol. The van der Waals surface area contributed by atoms with E-state index in [1.54, 1.807) is 0 Å². The van der Waals surface area contributed by atoms with Crippen LogP contribution in [0, 0.1) is 0 Å². The molecule has 0 aromatic carbocycles. The standard InChI is InChI=1S/C11H24P/c1-5-9-12(8-4,10-6-2)11-7-3/h8H,4-7,9-11H2,1-3H3/q+1. The van der Waals surface area contributed by atoms with Gasteiger partial charge in [-0.15, -0.1) is 0 Å². The van der Waals surface area contributed by atoms with E-state index in [1.165, 1.54) is 37.7 Å². The zero-order chi connectivity index (χ0) is 9.45. The molecule has 0 radical (unpaired) electrons. The van der Waals surface area contributed by atoms with Gasteiger partial charge in [-0.05, 0) is 19.3 Å².